The van der Waals surface area contributed by atoms with Crippen LogP contribution in [-0.2, 0) is 16.1 Å². The first-order valence-corrected chi connectivity index (χ1v) is 6.96. The highest BCUT2D eigenvalue weighted by Gasteiger charge is 2.17. The molecule has 1 aliphatic rings. The van der Waals surface area contributed by atoms with Crippen molar-refractivity contribution in [1.29, 1.82) is 0 Å². The number of rotatable bonds is 5. The van der Waals surface area contributed by atoms with Gasteiger partial charge in [0.05, 0.1) is 13.2 Å². The number of carbonyl (C=O) groups is 1. The van der Waals surface area contributed by atoms with E-state index < -0.39 is 0 Å². The Bertz CT molecular complexity index is 456. The summed E-state index contributed by atoms with van der Waals surface area (Å²) in [6, 6.07) is 3.88. The van der Waals surface area contributed by atoms with Gasteiger partial charge in [-0.2, -0.15) is 0 Å². The predicted molar refractivity (Wildman–Crippen MR) is 91.8 cm³/mol. The molecular weight excluding hydrogens is 327 g/mol. The fourth-order valence-corrected chi connectivity index (χ4v) is 2.09. The summed E-state index contributed by atoms with van der Waals surface area (Å²) >= 11 is 0. The highest BCUT2D eigenvalue weighted by molar-refractivity contribution is 5.85. The van der Waals surface area contributed by atoms with Crippen molar-refractivity contribution in [3.63, 3.8) is 0 Å². The van der Waals surface area contributed by atoms with Crippen LogP contribution in [0.5, 0.6) is 0 Å². The summed E-state index contributed by atoms with van der Waals surface area (Å²) in [6.07, 6.45) is 1.78. The molecule has 1 aliphatic heterocycles. The van der Waals surface area contributed by atoms with Gasteiger partial charge in [0.2, 0.25) is 5.91 Å². The van der Waals surface area contributed by atoms with E-state index in [1.165, 1.54) is 0 Å². The molecule has 0 bridgehead atoms. The Morgan fingerprint density at radius 2 is 2.14 bits per heavy atom. The largest absolute Gasteiger partial charge is 0.378 e. The van der Waals surface area contributed by atoms with E-state index >= 15 is 0 Å². The molecule has 1 saturated heterocycles. The van der Waals surface area contributed by atoms with Crippen LogP contribution in [0.25, 0.3) is 0 Å². The van der Waals surface area contributed by atoms with Gasteiger partial charge in [0, 0.05) is 43.9 Å². The van der Waals surface area contributed by atoms with Gasteiger partial charge in [-0.15, -0.1) is 24.8 Å². The number of anilines is 1. The first-order chi connectivity index (χ1) is 9.72. The Morgan fingerprint density at radius 3 is 2.77 bits per heavy atom. The Balaban J connectivity index is 0.00000220. The third-order valence-electron chi connectivity index (χ3n) is 3.43. The molecule has 8 heteroatoms. The maximum absolute atomic E-state index is 11.8. The van der Waals surface area contributed by atoms with Crippen molar-refractivity contribution >= 4 is 36.5 Å². The fraction of sp³-hybridized carbons (Fsp3) is 0.571. The molecule has 3 N–H and O–H groups in total. The topological polar surface area (TPSA) is 80.5 Å². The van der Waals surface area contributed by atoms with Crippen LogP contribution in [0, 0.1) is 5.92 Å². The molecule has 0 spiro atoms. The lowest BCUT2D eigenvalue weighted by atomic mass is 10.1. The predicted octanol–water partition coefficient (Wildman–Crippen LogP) is 0.973. The van der Waals surface area contributed by atoms with Crippen LogP contribution in [0.3, 0.4) is 0 Å². The van der Waals surface area contributed by atoms with Crippen LogP contribution in [0.4, 0.5) is 5.82 Å². The number of aromatic nitrogens is 1. The minimum absolute atomic E-state index is 0. The number of nitrogens with one attached hydrogen (secondary N) is 1. The maximum atomic E-state index is 11.8. The van der Waals surface area contributed by atoms with Crippen molar-refractivity contribution in [3.05, 3.63) is 23.9 Å². The number of hydrogen-bond donors (Lipinski definition) is 2. The van der Waals surface area contributed by atoms with Gasteiger partial charge >= 0.3 is 0 Å². The van der Waals surface area contributed by atoms with E-state index in [2.05, 4.69) is 15.2 Å². The van der Waals surface area contributed by atoms with Crippen molar-refractivity contribution in [1.82, 2.24) is 10.3 Å². The number of nitrogens with two attached hydrogens (primary N) is 1. The number of nitrogens with zero attached hydrogens (tertiary/aromatic N) is 2. The van der Waals surface area contributed by atoms with E-state index in [0.717, 1.165) is 24.5 Å². The molecule has 2 heterocycles. The van der Waals surface area contributed by atoms with Gasteiger partial charge in [0.15, 0.2) is 0 Å². The molecule has 0 radical (unpaired) electrons. The number of halogens is 2. The van der Waals surface area contributed by atoms with E-state index in [0.29, 0.717) is 26.3 Å². The Hall–Kier alpha value is -1.08. The quantitative estimate of drug-likeness (QED) is 0.826. The lowest BCUT2D eigenvalue weighted by molar-refractivity contribution is -0.124. The molecular formula is C14H24Cl2N4O2. The van der Waals surface area contributed by atoms with Crippen molar-refractivity contribution in [2.75, 3.05) is 37.7 Å². The molecule has 1 unspecified atom stereocenters. The molecule has 1 amide bonds. The molecule has 6 nitrogen and oxygen atoms in total. The fourth-order valence-electron chi connectivity index (χ4n) is 2.09. The highest BCUT2D eigenvalue weighted by atomic mass is 35.5. The van der Waals surface area contributed by atoms with Gasteiger partial charge in [-0.3, -0.25) is 4.79 Å². The number of hydrogen-bond acceptors (Lipinski definition) is 5. The number of pyridine rings is 1. The second kappa shape index (κ2) is 10.6. The average Bonchev–Trinajstić information content (AvgIpc) is 2.53. The van der Waals surface area contributed by atoms with Crippen molar-refractivity contribution in [2.45, 2.75) is 13.5 Å². The zero-order valence-corrected chi connectivity index (χ0v) is 14.3. The Morgan fingerprint density at radius 1 is 1.45 bits per heavy atom. The second-order valence-corrected chi connectivity index (χ2v) is 4.94. The highest BCUT2D eigenvalue weighted by Crippen LogP contribution is 2.18. The molecule has 1 atom stereocenters. The van der Waals surface area contributed by atoms with Gasteiger partial charge in [-0.25, -0.2) is 4.98 Å². The lowest BCUT2D eigenvalue weighted by Gasteiger charge is -2.29. The van der Waals surface area contributed by atoms with Gasteiger partial charge in [0.1, 0.15) is 5.82 Å². The molecule has 1 aromatic heterocycles. The molecule has 1 fully saturated rings. The monoisotopic (exact) mass is 350 g/mol. The molecule has 1 aromatic rings. The number of ether oxygens (including phenoxy) is 1. The van der Waals surface area contributed by atoms with Gasteiger partial charge in [-0.1, -0.05) is 13.0 Å². The van der Waals surface area contributed by atoms with Gasteiger partial charge in [0.25, 0.3) is 0 Å². The van der Waals surface area contributed by atoms with E-state index in [1.54, 1.807) is 6.20 Å². The summed E-state index contributed by atoms with van der Waals surface area (Å²) < 4.78 is 5.35. The summed E-state index contributed by atoms with van der Waals surface area (Å²) in [5.74, 6) is 0.735. The zero-order valence-electron chi connectivity index (χ0n) is 12.7. The summed E-state index contributed by atoms with van der Waals surface area (Å²) in [4.78, 5) is 18.4. The van der Waals surface area contributed by atoms with E-state index in [-0.39, 0.29) is 36.6 Å². The third kappa shape index (κ3) is 5.61. The van der Waals surface area contributed by atoms with E-state index in [9.17, 15) is 4.79 Å². The zero-order chi connectivity index (χ0) is 14.4. The van der Waals surface area contributed by atoms with Crippen molar-refractivity contribution in [2.24, 2.45) is 11.7 Å². The van der Waals surface area contributed by atoms with Crippen LogP contribution < -0.4 is 16.0 Å². The smallest absolute Gasteiger partial charge is 0.224 e. The van der Waals surface area contributed by atoms with Crippen molar-refractivity contribution < 1.29 is 9.53 Å². The Labute approximate surface area is 143 Å². The van der Waals surface area contributed by atoms with Crippen LogP contribution in [0.2, 0.25) is 0 Å². The molecule has 0 aromatic carbocycles. The molecule has 22 heavy (non-hydrogen) atoms. The summed E-state index contributed by atoms with van der Waals surface area (Å²) in [5.41, 5.74) is 6.51. The summed E-state index contributed by atoms with van der Waals surface area (Å²) in [7, 11) is 0. The molecule has 2 rings (SSSR count). The lowest BCUT2D eigenvalue weighted by Crippen LogP contribution is -2.38. The summed E-state index contributed by atoms with van der Waals surface area (Å²) in [5, 5.41) is 2.91. The third-order valence-corrected chi connectivity index (χ3v) is 3.43. The molecule has 0 aliphatic carbocycles. The second-order valence-electron chi connectivity index (χ2n) is 4.94. The van der Waals surface area contributed by atoms with Crippen LogP contribution in [0.15, 0.2) is 18.3 Å². The number of amides is 1. The SMILES string of the molecule is CC(CN)C(=O)NCc1cccnc1N1CCOCC1.Cl.Cl. The first kappa shape index (κ1) is 20.9. The van der Waals surface area contributed by atoms with Gasteiger partial charge in [-0.05, 0) is 6.07 Å². The van der Waals surface area contributed by atoms with E-state index in [4.69, 9.17) is 10.5 Å². The minimum Gasteiger partial charge on any atom is -0.378 e. The van der Waals surface area contributed by atoms with Crippen LogP contribution in [-0.4, -0.2) is 43.7 Å². The minimum atomic E-state index is -0.168. The first-order valence-electron chi connectivity index (χ1n) is 6.96. The molecule has 126 valence electrons. The maximum Gasteiger partial charge on any atom is 0.224 e. The van der Waals surface area contributed by atoms with Crippen LogP contribution in [0.1, 0.15) is 12.5 Å². The van der Waals surface area contributed by atoms with Crippen LogP contribution >= 0.6 is 24.8 Å². The Kier molecular flexibility index (Phi) is 10.1. The number of morpholine rings is 1. The standard InChI is InChI=1S/C14H22N4O2.2ClH/c1-11(9-15)14(19)17-10-12-3-2-4-16-13(12)18-5-7-20-8-6-18;;/h2-4,11H,5-10,15H2,1H3,(H,17,19);2*1H. The number of carbonyl (C=O) groups excluding carboxylic acids is 1. The van der Waals surface area contributed by atoms with Crippen molar-refractivity contribution in [3.8, 4) is 0 Å². The average molecular weight is 351 g/mol. The van der Waals surface area contributed by atoms with Gasteiger partial charge < -0.3 is 20.7 Å². The van der Waals surface area contributed by atoms with E-state index in [1.807, 2.05) is 19.1 Å². The molecule has 0 saturated carbocycles. The summed E-state index contributed by atoms with van der Waals surface area (Å²) in [6.45, 7) is 5.74. The normalized spacial score (nSPS) is 15.3.